The average Bonchev–Trinajstić information content (AvgIpc) is 3.12. The fourth-order valence-electron chi connectivity index (χ4n) is 3.99. The molecule has 5 rings (SSSR count). The van der Waals surface area contributed by atoms with Crippen molar-refractivity contribution in [2.75, 3.05) is 4.90 Å². The third kappa shape index (κ3) is 3.44. The number of Topliss-reactive ketones (excluding diaryl/α,β-unsaturated/α-hetero) is 1. The van der Waals surface area contributed by atoms with Crippen LogP contribution in [-0.4, -0.2) is 5.78 Å². The van der Waals surface area contributed by atoms with E-state index in [1.165, 1.54) is 0 Å². The van der Waals surface area contributed by atoms with Crippen LogP contribution < -0.4 is 4.90 Å². The number of anilines is 3. The van der Waals surface area contributed by atoms with Crippen molar-refractivity contribution in [1.82, 2.24) is 0 Å². The third-order valence-corrected chi connectivity index (χ3v) is 5.46. The molecule has 0 bridgehead atoms. The minimum absolute atomic E-state index is 0.143. The summed E-state index contributed by atoms with van der Waals surface area (Å²) in [7, 11) is 0. The van der Waals surface area contributed by atoms with Gasteiger partial charge in [-0.15, -0.1) is 0 Å². The number of nitrogens with zero attached hydrogens (tertiary/aromatic N) is 1. The van der Waals surface area contributed by atoms with Gasteiger partial charge in [-0.2, -0.15) is 0 Å². The Bertz CT molecular complexity index is 1170. The summed E-state index contributed by atoms with van der Waals surface area (Å²) in [6.07, 6.45) is 2.72. The van der Waals surface area contributed by atoms with Gasteiger partial charge in [0.05, 0.1) is 0 Å². The molecule has 0 saturated heterocycles. The van der Waals surface area contributed by atoms with E-state index < -0.39 is 0 Å². The van der Waals surface area contributed by atoms with Crippen molar-refractivity contribution in [2.24, 2.45) is 0 Å². The Labute approximate surface area is 176 Å². The Morgan fingerprint density at radius 1 is 0.600 bits per heavy atom. The molecule has 4 aromatic rings. The SMILES string of the molecule is O=C1C(=Cc2ccc(N(c3ccccc3)c3ccccc3)cc2)Cc2ccccc21. The Balaban J connectivity index is 1.47. The molecule has 0 saturated carbocycles. The molecule has 0 fully saturated rings. The second-order valence-corrected chi connectivity index (χ2v) is 7.43. The number of para-hydroxylation sites is 2. The first-order valence-corrected chi connectivity index (χ1v) is 10.1. The molecule has 0 N–H and O–H groups in total. The van der Waals surface area contributed by atoms with E-state index in [9.17, 15) is 4.79 Å². The van der Waals surface area contributed by atoms with E-state index in [-0.39, 0.29) is 5.78 Å². The van der Waals surface area contributed by atoms with Gasteiger partial charge in [0.25, 0.3) is 0 Å². The Morgan fingerprint density at radius 2 is 1.13 bits per heavy atom. The predicted molar refractivity (Wildman–Crippen MR) is 124 cm³/mol. The zero-order chi connectivity index (χ0) is 20.3. The fraction of sp³-hybridized carbons (Fsp3) is 0.0357. The van der Waals surface area contributed by atoms with Crippen LogP contribution >= 0.6 is 0 Å². The van der Waals surface area contributed by atoms with Crippen molar-refractivity contribution >= 4 is 28.9 Å². The summed E-state index contributed by atoms with van der Waals surface area (Å²) in [5, 5.41) is 0. The van der Waals surface area contributed by atoms with E-state index >= 15 is 0 Å². The van der Waals surface area contributed by atoms with Crippen LogP contribution in [0.25, 0.3) is 6.08 Å². The van der Waals surface area contributed by atoms with E-state index in [0.717, 1.165) is 39.3 Å². The van der Waals surface area contributed by atoms with Gasteiger partial charge < -0.3 is 4.90 Å². The van der Waals surface area contributed by atoms with Gasteiger partial charge in [-0.1, -0.05) is 72.8 Å². The third-order valence-electron chi connectivity index (χ3n) is 5.46. The summed E-state index contributed by atoms with van der Waals surface area (Å²) >= 11 is 0. The lowest BCUT2D eigenvalue weighted by Crippen LogP contribution is -2.09. The molecule has 2 nitrogen and oxygen atoms in total. The van der Waals surface area contributed by atoms with Crippen LogP contribution in [0.4, 0.5) is 17.1 Å². The van der Waals surface area contributed by atoms with Crippen molar-refractivity contribution in [3.63, 3.8) is 0 Å². The highest BCUT2D eigenvalue weighted by molar-refractivity contribution is 6.15. The topological polar surface area (TPSA) is 20.3 Å². The molecule has 1 aliphatic rings. The van der Waals surface area contributed by atoms with Gasteiger partial charge >= 0.3 is 0 Å². The molecule has 0 spiro atoms. The molecule has 2 heteroatoms. The summed E-state index contributed by atoms with van der Waals surface area (Å²) in [5.74, 6) is 0.143. The van der Waals surface area contributed by atoms with Crippen LogP contribution in [0.2, 0.25) is 0 Å². The summed E-state index contributed by atoms with van der Waals surface area (Å²) < 4.78 is 0. The Hall–Kier alpha value is -3.91. The number of fused-ring (bicyclic) bond motifs is 1. The number of hydrogen-bond acceptors (Lipinski definition) is 2. The minimum Gasteiger partial charge on any atom is -0.311 e. The number of carbonyl (C=O) groups is 1. The number of rotatable bonds is 4. The normalized spacial score (nSPS) is 14.0. The zero-order valence-electron chi connectivity index (χ0n) is 16.5. The molecular formula is C28H21NO. The first-order chi connectivity index (χ1) is 14.8. The van der Waals surface area contributed by atoms with Crippen molar-refractivity contribution in [3.05, 3.63) is 131 Å². The maximum atomic E-state index is 12.7. The zero-order valence-corrected chi connectivity index (χ0v) is 16.5. The molecule has 0 atom stereocenters. The molecular weight excluding hydrogens is 366 g/mol. The minimum atomic E-state index is 0.143. The molecule has 1 aliphatic carbocycles. The number of ketones is 1. The molecule has 0 aromatic heterocycles. The summed E-state index contributed by atoms with van der Waals surface area (Å²) in [6.45, 7) is 0. The second kappa shape index (κ2) is 7.84. The number of carbonyl (C=O) groups excluding carboxylic acids is 1. The number of hydrogen-bond donors (Lipinski definition) is 0. The summed E-state index contributed by atoms with van der Waals surface area (Å²) in [6, 6.07) is 36.9. The predicted octanol–water partition coefficient (Wildman–Crippen LogP) is 6.98. The van der Waals surface area contributed by atoms with E-state index in [0.29, 0.717) is 6.42 Å². The lowest BCUT2D eigenvalue weighted by atomic mass is 10.1. The Morgan fingerprint density at radius 3 is 1.73 bits per heavy atom. The van der Waals surface area contributed by atoms with Gasteiger partial charge in [-0.25, -0.2) is 0 Å². The van der Waals surface area contributed by atoms with Crippen LogP contribution in [0.3, 0.4) is 0 Å². The maximum absolute atomic E-state index is 12.7. The van der Waals surface area contributed by atoms with Crippen LogP contribution in [0, 0.1) is 0 Å². The second-order valence-electron chi connectivity index (χ2n) is 7.43. The standard InChI is InChI=1S/C28H21NO/c30-28-23(20-22-9-7-8-14-27(22)28)19-21-15-17-26(18-16-21)29(24-10-3-1-4-11-24)25-12-5-2-6-13-25/h1-19H,20H2. The Kier molecular flexibility index (Phi) is 4.74. The van der Waals surface area contributed by atoms with Crippen molar-refractivity contribution < 1.29 is 4.79 Å². The monoisotopic (exact) mass is 387 g/mol. The quantitative estimate of drug-likeness (QED) is 0.352. The van der Waals surface area contributed by atoms with E-state index in [1.807, 2.05) is 66.7 Å². The number of benzene rings is 4. The maximum Gasteiger partial charge on any atom is 0.189 e. The smallest absolute Gasteiger partial charge is 0.189 e. The summed E-state index contributed by atoms with van der Waals surface area (Å²) in [4.78, 5) is 14.9. The fourth-order valence-corrected chi connectivity index (χ4v) is 3.99. The molecule has 0 heterocycles. The lowest BCUT2D eigenvalue weighted by Gasteiger charge is -2.25. The largest absolute Gasteiger partial charge is 0.311 e. The molecule has 0 radical (unpaired) electrons. The van der Waals surface area contributed by atoms with Gasteiger partial charge in [-0.3, -0.25) is 4.79 Å². The van der Waals surface area contributed by atoms with Gasteiger partial charge in [0.15, 0.2) is 5.78 Å². The van der Waals surface area contributed by atoms with Gasteiger partial charge in [0.2, 0.25) is 0 Å². The van der Waals surface area contributed by atoms with Crippen LogP contribution in [0.5, 0.6) is 0 Å². The van der Waals surface area contributed by atoms with Gasteiger partial charge in [-0.05, 0) is 53.6 Å². The highest BCUT2D eigenvalue weighted by Crippen LogP contribution is 2.34. The molecule has 0 unspecified atom stereocenters. The number of allylic oxidation sites excluding steroid dienone is 1. The summed E-state index contributed by atoms with van der Waals surface area (Å²) in [5.41, 5.74) is 7.13. The molecule has 144 valence electrons. The van der Waals surface area contributed by atoms with Gasteiger partial charge in [0, 0.05) is 34.6 Å². The van der Waals surface area contributed by atoms with Crippen LogP contribution in [-0.2, 0) is 6.42 Å². The first-order valence-electron chi connectivity index (χ1n) is 10.1. The van der Waals surface area contributed by atoms with Crippen molar-refractivity contribution in [1.29, 1.82) is 0 Å². The molecule has 0 amide bonds. The van der Waals surface area contributed by atoms with E-state index in [4.69, 9.17) is 0 Å². The van der Waals surface area contributed by atoms with Crippen molar-refractivity contribution in [3.8, 4) is 0 Å². The molecule has 30 heavy (non-hydrogen) atoms. The highest BCUT2D eigenvalue weighted by Gasteiger charge is 2.23. The van der Waals surface area contributed by atoms with E-state index in [2.05, 4.69) is 53.4 Å². The molecule has 0 aliphatic heterocycles. The first kappa shape index (κ1) is 18.1. The van der Waals surface area contributed by atoms with Crippen LogP contribution in [0.1, 0.15) is 21.5 Å². The van der Waals surface area contributed by atoms with Gasteiger partial charge in [0.1, 0.15) is 0 Å². The van der Waals surface area contributed by atoms with Crippen molar-refractivity contribution in [2.45, 2.75) is 6.42 Å². The lowest BCUT2D eigenvalue weighted by molar-refractivity contribution is 0.104. The average molecular weight is 387 g/mol. The highest BCUT2D eigenvalue weighted by atomic mass is 16.1. The molecule has 4 aromatic carbocycles. The van der Waals surface area contributed by atoms with E-state index in [1.54, 1.807) is 0 Å². The van der Waals surface area contributed by atoms with Crippen LogP contribution in [0.15, 0.2) is 115 Å².